The summed E-state index contributed by atoms with van der Waals surface area (Å²) in [5.74, 6) is 0.0236. The molecule has 2 aromatic heterocycles. The second-order valence-corrected chi connectivity index (χ2v) is 9.35. The lowest BCUT2D eigenvalue weighted by molar-refractivity contribution is 0.0916. The molecule has 5 nitrogen and oxygen atoms in total. The summed E-state index contributed by atoms with van der Waals surface area (Å²) in [6.07, 6.45) is 1.31. The van der Waals surface area contributed by atoms with Crippen molar-refractivity contribution in [1.29, 1.82) is 0 Å². The van der Waals surface area contributed by atoms with Crippen molar-refractivity contribution < 1.29 is 19.0 Å². The number of pyridine rings is 1. The monoisotopic (exact) mass is 520 g/mol. The Balaban J connectivity index is 1.62. The predicted octanol–water partition coefficient (Wildman–Crippen LogP) is 7.10. The third kappa shape index (κ3) is 5.52. The zero-order valence-electron chi connectivity index (χ0n) is 21.8. The molecular formula is C33H29FN2O3. The van der Waals surface area contributed by atoms with Crippen molar-refractivity contribution in [2.45, 2.75) is 26.4 Å². The zero-order valence-corrected chi connectivity index (χ0v) is 21.8. The molecule has 0 bridgehead atoms. The smallest absolute Gasteiger partial charge is 0.218 e. The summed E-state index contributed by atoms with van der Waals surface area (Å²) in [6.45, 7) is 3.81. The molecule has 0 amide bonds. The maximum Gasteiger partial charge on any atom is 0.218 e. The normalized spacial score (nSPS) is 11.8. The molecule has 39 heavy (non-hydrogen) atoms. The molecule has 0 saturated carbocycles. The molecule has 196 valence electrons. The molecule has 0 radical (unpaired) electrons. The molecule has 6 heteroatoms. The molecule has 0 spiro atoms. The Labute approximate surface area is 227 Å². The fourth-order valence-corrected chi connectivity index (χ4v) is 4.73. The summed E-state index contributed by atoms with van der Waals surface area (Å²) in [7, 11) is 0. The lowest BCUT2D eigenvalue weighted by atomic mass is 9.94. The number of aliphatic hydroxyl groups excluding tert-OH is 1. The van der Waals surface area contributed by atoms with Crippen LogP contribution in [0.4, 0.5) is 4.39 Å². The average molecular weight is 521 g/mol. The molecule has 2 N–H and O–H groups in total. The van der Waals surface area contributed by atoms with Crippen molar-refractivity contribution in [2.24, 2.45) is 0 Å². The number of nitrogens with one attached hydrogen (secondary N) is 1. The molecule has 1 unspecified atom stereocenters. The molecule has 3 aromatic carbocycles. The third-order valence-corrected chi connectivity index (χ3v) is 6.83. The summed E-state index contributed by atoms with van der Waals surface area (Å²) in [6, 6.07) is 26.8. The van der Waals surface area contributed by atoms with Gasteiger partial charge in [-0.05, 0) is 78.1 Å². The number of benzene rings is 3. The van der Waals surface area contributed by atoms with Crippen LogP contribution in [0.25, 0.3) is 22.4 Å². The number of Topliss-reactive ketones (excluding diaryl/α,β-unsaturated/α-hetero) is 1. The summed E-state index contributed by atoms with van der Waals surface area (Å²) in [5.41, 5.74) is 6.56. The summed E-state index contributed by atoms with van der Waals surface area (Å²) < 4.78 is 19.8. The number of aliphatic hydroxyl groups is 1. The van der Waals surface area contributed by atoms with E-state index in [2.05, 4.69) is 9.97 Å². The first-order chi connectivity index (χ1) is 19.0. The molecule has 1 atom stereocenters. The number of para-hydroxylation sites is 1. The van der Waals surface area contributed by atoms with Gasteiger partial charge in [-0.1, -0.05) is 55.5 Å². The van der Waals surface area contributed by atoms with Crippen molar-refractivity contribution in [3.8, 4) is 28.1 Å². The zero-order chi connectivity index (χ0) is 27.4. The highest BCUT2D eigenvalue weighted by molar-refractivity contribution is 5.95. The lowest BCUT2D eigenvalue weighted by Crippen LogP contribution is -2.14. The van der Waals surface area contributed by atoms with Crippen molar-refractivity contribution in [2.75, 3.05) is 6.61 Å². The van der Waals surface area contributed by atoms with E-state index in [1.165, 1.54) is 12.1 Å². The van der Waals surface area contributed by atoms with Crippen LogP contribution in [-0.2, 0) is 6.42 Å². The van der Waals surface area contributed by atoms with Crippen molar-refractivity contribution in [3.05, 3.63) is 131 Å². The SMILES string of the molecule is CCc1cccc(-c2cc(-c3ccc(F)cc3)[nH]c2C(O)c2ccccc2C)c1OCC(=O)c1ccccn1. The molecule has 0 aliphatic carbocycles. The van der Waals surface area contributed by atoms with Crippen molar-refractivity contribution >= 4 is 5.78 Å². The second-order valence-electron chi connectivity index (χ2n) is 9.35. The number of halogens is 1. The van der Waals surface area contributed by atoms with Crippen LogP contribution >= 0.6 is 0 Å². The molecule has 0 fully saturated rings. The lowest BCUT2D eigenvalue weighted by Gasteiger charge is -2.18. The minimum Gasteiger partial charge on any atom is -0.484 e. The van der Waals surface area contributed by atoms with E-state index in [1.54, 1.807) is 36.5 Å². The number of hydrogen-bond acceptors (Lipinski definition) is 4. The van der Waals surface area contributed by atoms with Crippen molar-refractivity contribution in [3.63, 3.8) is 0 Å². The summed E-state index contributed by atoms with van der Waals surface area (Å²) in [4.78, 5) is 20.3. The Bertz CT molecular complexity index is 1590. The molecule has 2 heterocycles. The standard InChI is InChI=1S/C33H29FN2O3/c1-3-22-10-8-12-26(33(22)39-20-30(37)28-13-6-7-18-35-28)27-19-29(23-14-16-24(34)17-15-23)36-31(27)32(38)25-11-5-4-9-21(25)2/h4-19,32,36,38H,3,20H2,1-2H3. The first-order valence-corrected chi connectivity index (χ1v) is 12.9. The maximum absolute atomic E-state index is 13.7. The highest BCUT2D eigenvalue weighted by Crippen LogP contribution is 2.41. The number of aromatic amines is 1. The molecular weight excluding hydrogens is 491 g/mol. The minimum atomic E-state index is -0.955. The van der Waals surface area contributed by atoms with Crippen molar-refractivity contribution in [1.82, 2.24) is 9.97 Å². The number of carbonyl (C=O) groups excluding carboxylic acids is 1. The Morgan fingerprint density at radius 2 is 1.74 bits per heavy atom. The van der Waals surface area contributed by atoms with Gasteiger partial charge in [-0.15, -0.1) is 0 Å². The first kappa shape index (κ1) is 26.1. The van der Waals surface area contributed by atoms with Gasteiger partial charge in [-0.2, -0.15) is 0 Å². The van der Waals surface area contributed by atoms with Crippen LogP contribution in [0.3, 0.4) is 0 Å². The summed E-state index contributed by atoms with van der Waals surface area (Å²) in [5, 5.41) is 11.6. The summed E-state index contributed by atoms with van der Waals surface area (Å²) >= 11 is 0. The van der Waals surface area contributed by atoms with Gasteiger partial charge in [0.1, 0.15) is 23.4 Å². The number of nitrogens with zero attached hydrogens (tertiary/aromatic N) is 1. The first-order valence-electron chi connectivity index (χ1n) is 12.9. The van der Waals surface area contributed by atoms with Crippen LogP contribution in [0, 0.1) is 12.7 Å². The Hall–Kier alpha value is -4.55. The van der Waals surface area contributed by atoms with Crippen LogP contribution < -0.4 is 4.74 Å². The van der Waals surface area contributed by atoms with Crippen LogP contribution in [-0.4, -0.2) is 27.5 Å². The van der Waals surface area contributed by atoms with Crippen LogP contribution in [0.15, 0.2) is 97.2 Å². The van der Waals surface area contributed by atoms with Gasteiger partial charge < -0.3 is 14.8 Å². The molecule has 5 rings (SSSR count). The maximum atomic E-state index is 13.7. The number of hydrogen-bond donors (Lipinski definition) is 2. The van der Waals surface area contributed by atoms with Gasteiger partial charge in [-0.3, -0.25) is 9.78 Å². The van der Waals surface area contributed by atoms with Gasteiger partial charge >= 0.3 is 0 Å². The number of rotatable bonds is 9. The Morgan fingerprint density at radius 3 is 2.46 bits per heavy atom. The largest absolute Gasteiger partial charge is 0.484 e. The van der Waals surface area contributed by atoms with Gasteiger partial charge in [0.25, 0.3) is 0 Å². The third-order valence-electron chi connectivity index (χ3n) is 6.83. The topological polar surface area (TPSA) is 75.2 Å². The number of ether oxygens (including phenoxy) is 1. The van der Waals surface area contributed by atoms with Crippen LogP contribution in [0.5, 0.6) is 5.75 Å². The Kier molecular flexibility index (Phi) is 7.66. The number of aryl methyl sites for hydroxylation is 2. The predicted molar refractivity (Wildman–Crippen MR) is 150 cm³/mol. The van der Waals surface area contributed by atoms with Crippen LogP contribution in [0.1, 0.15) is 45.9 Å². The fraction of sp³-hybridized carbons (Fsp3) is 0.152. The number of carbonyl (C=O) groups is 1. The quantitative estimate of drug-likeness (QED) is 0.203. The number of H-pyrrole nitrogens is 1. The van der Waals surface area contributed by atoms with Gasteiger partial charge in [0.05, 0.1) is 5.69 Å². The van der Waals surface area contributed by atoms with E-state index >= 15 is 0 Å². The number of ketones is 1. The van der Waals surface area contributed by atoms with E-state index in [9.17, 15) is 14.3 Å². The van der Waals surface area contributed by atoms with E-state index in [4.69, 9.17) is 4.74 Å². The Morgan fingerprint density at radius 1 is 0.974 bits per heavy atom. The van der Waals surface area contributed by atoms with E-state index in [1.807, 2.05) is 62.4 Å². The van der Waals surface area contributed by atoms with Gasteiger partial charge in [0.15, 0.2) is 6.61 Å². The number of aromatic nitrogens is 2. The van der Waals surface area contributed by atoms with Gasteiger partial charge in [-0.25, -0.2) is 4.39 Å². The molecule has 0 saturated heterocycles. The molecule has 0 aliphatic heterocycles. The average Bonchev–Trinajstić information content (AvgIpc) is 3.41. The highest BCUT2D eigenvalue weighted by Gasteiger charge is 2.24. The van der Waals surface area contributed by atoms with Gasteiger partial charge in [0, 0.05) is 23.0 Å². The van der Waals surface area contributed by atoms with Crippen LogP contribution in [0.2, 0.25) is 0 Å². The second kappa shape index (κ2) is 11.5. The highest BCUT2D eigenvalue weighted by atomic mass is 19.1. The fourth-order valence-electron chi connectivity index (χ4n) is 4.73. The van der Waals surface area contributed by atoms with E-state index in [0.717, 1.165) is 39.1 Å². The molecule has 5 aromatic rings. The molecule has 0 aliphatic rings. The van der Waals surface area contributed by atoms with Gasteiger partial charge in [0.2, 0.25) is 5.78 Å². The van der Waals surface area contributed by atoms with E-state index in [0.29, 0.717) is 23.6 Å². The van der Waals surface area contributed by atoms with E-state index < -0.39 is 6.10 Å². The van der Waals surface area contributed by atoms with E-state index in [-0.39, 0.29) is 18.2 Å². The minimum absolute atomic E-state index is 0.175.